The van der Waals surface area contributed by atoms with Crippen LogP contribution in [0.4, 0.5) is 5.69 Å². The summed E-state index contributed by atoms with van der Waals surface area (Å²) in [6.07, 6.45) is 1.33. The van der Waals surface area contributed by atoms with E-state index < -0.39 is 0 Å². The number of halogens is 2. The Morgan fingerprint density at radius 3 is 2.86 bits per heavy atom. The third kappa shape index (κ3) is 2.72. The number of anilines is 1. The molecular weight excluding hydrogens is 358 g/mol. The van der Waals surface area contributed by atoms with E-state index in [0.29, 0.717) is 33.1 Å². The maximum atomic E-state index is 11.7. The summed E-state index contributed by atoms with van der Waals surface area (Å²) in [4.78, 5) is 18.3. The largest absolute Gasteiger partial charge is 0.454 e. The number of fused-ring (bicyclic) bond motifs is 1. The van der Waals surface area contributed by atoms with Crippen molar-refractivity contribution in [2.24, 2.45) is 0 Å². The molecular formula is C14H9BrClN3O2. The predicted octanol–water partition coefficient (Wildman–Crippen LogP) is 3.71. The zero-order valence-corrected chi connectivity index (χ0v) is 12.9. The van der Waals surface area contributed by atoms with Crippen molar-refractivity contribution in [2.45, 2.75) is 0 Å². The van der Waals surface area contributed by atoms with E-state index in [2.05, 4.69) is 25.9 Å². The van der Waals surface area contributed by atoms with Crippen LogP contribution < -0.4 is 16.0 Å². The molecule has 5 nitrogen and oxygen atoms in total. The maximum Gasteiger partial charge on any atom is 0.258 e. The van der Waals surface area contributed by atoms with Crippen LogP contribution >= 0.6 is 27.5 Å². The highest BCUT2D eigenvalue weighted by Crippen LogP contribution is 2.35. The number of nitrogens with one attached hydrogen (secondary N) is 1. The molecule has 0 fully saturated rings. The van der Waals surface area contributed by atoms with E-state index in [1.54, 1.807) is 24.3 Å². The molecule has 0 aliphatic heterocycles. The summed E-state index contributed by atoms with van der Waals surface area (Å²) in [5.74, 6) is 0.850. The first-order valence-electron chi connectivity index (χ1n) is 5.94. The van der Waals surface area contributed by atoms with Gasteiger partial charge in [0.2, 0.25) is 0 Å². The Bertz CT molecular complexity index is 895. The molecule has 0 aliphatic rings. The number of ether oxygens (including phenoxy) is 1. The van der Waals surface area contributed by atoms with Gasteiger partial charge in [-0.2, -0.15) is 0 Å². The highest BCUT2D eigenvalue weighted by atomic mass is 79.9. The number of hydrogen-bond donors (Lipinski definition) is 2. The van der Waals surface area contributed by atoms with Crippen molar-refractivity contribution in [3.63, 3.8) is 0 Å². The Hall–Kier alpha value is -2.05. The van der Waals surface area contributed by atoms with E-state index >= 15 is 0 Å². The lowest BCUT2D eigenvalue weighted by Gasteiger charge is -2.11. The summed E-state index contributed by atoms with van der Waals surface area (Å²) in [7, 11) is 0. The van der Waals surface area contributed by atoms with Crippen LogP contribution in [0.25, 0.3) is 10.9 Å². The van der Waals surface area contributed by atoms with E-state index in [1.165, 1.54) is 12.4 Å². The van der Waals surface area contributed by atoms with Crippen molar-refractivity contribution in [1.82, 2.24) is 9.97 Å². The van der Waals surface area contributed by atoms with E-state index in [1.807, 2.05) is 0 Å². The molecule has 0 bridgehead atoms. The van der Waals surface area contributed by atoms with Crippen LogP contribution in [-0.2, 0) is 0 Å². The highest BCUT2D eigenvalue weighted by Gasteiger charge is 2.10. The minimum atomic E-state index is -0.251. The summed E-state index contributed by atoms with van der Waals surface area (Å²) in [6, 6.07) is 8.39. The first kappa shape index (κ1) is 13.9. The zero-order valence-electron chi connectivity index (χ0n) is 10.6. The van der Waals surface area contributed by atoms with Crippen LogP contribution in [0.2, 0.25) is 5.02 Å². The molecule has 106 valence electrons. The third-order valence-electron chi connectivity index (χ3n) is 2.89. The van der Waals surface area contributed by atoms with Gasteiger partial charge in [-0.1, -0.05) is 27.5 Å². The normalized spacial score (nSPS) is 10.8. The summed E-state index contributed by atoms with van der Waals surface area (Å²) >= 11 is 9.43. The number of nitrogens with two attached hydrogens (primary N) is 1. The molecule has 3 rings (SSSR count). The molecule has 2 aromatic carbocycles. The van der Waals surface area contributed by atoms with Crippen LogP contribution in [-0.4, -0.2) is 9.97 Å². The van der Waals surface area contributed by atoms with Gasteiger partial charge < -0.3 is 15.5 Å². The van der Waals surface area contributed by atoms with Gasteiger partial charge in [-0.3, -0.25) is 4.79 Å². The fourth-order valence-corrected chi connectivity index (χ4v) is 2.37. The van der Waals surface area contributed by atoms with E-state index in [-0.39, 0.29) is 5.56 Å². The standard InChI is InChI=1S/C14H9BrClN3O2/c15-7-1-2-9(16)12(3-7)21-13-5-11-8(4-10(13)17)14(20)19-6-18-11/h1-6H,17H2,(H,18,19,20). The first-order chi connectivity index (χ1) is 10.0. The molecule has 3 N–H and O–H groups in total. The molecule has 0 spiro atoms. The molecule has 1 heterocycles. The van der Waals surface area contributed by atoms with Crippen LogP contribution in [0.15, 0.2) is 45.9 Å². The van der Waals surface area contributed by atoms with E-state index in [9.17, 15) is 4.79 Å². The van der Waals surface area contributed by atoms with E-state index in [4.69, 9.17) is 22.1 Å². The van der Waals surface area contributed by atoms with Crippen LogP contribution in [0.5, 0.6) is 11.5 Å². The maximum absolute atomic E-state index is 11.7. The zero-order chi connectivity index (χ0) is 15.0. The average molecular weight is 367 g/mol. The number of nitrogens with zero attached hydrogens (tertiary/aromatic N) is 1. The van der Waals surface area contributed by atoms with Gasteiger partial charge in [0, 0.05) is 10.5 Å². The monoisotopic (exact) mass is 365 g/mol. The van der Waals surface area contributed by atoms with Crippen molar-refractivity contribution in [2.75, 3.05) is 5.73 Å². The van der Waals surface area contributed by atoms with Crippen LogP contribution in [0, 0.1) is 0 Å². The van der Waals surface area contributed by atoms with Gasteiger partial charge in [0.05, 0.1) is 27.9 Å². The molecule has 0 saturated heterocycles. The molecule has 0 aliphatic carbocycles. The summed E-state index contributed by atoms with van der Waals surface area (Å²) < 4.78 is 6.56. The minimum Gasteiger partial charge on any atom is -0.454 e. The average Bonchev–Trinajstić information content (AvgIpc) is 2.45. The summed E-state index contributed by atoms with van der Waals surface area (Å²) in [5, 5.41) is 0.860. The second-order valence-corrected chi connectivity index (χ2v) is 5.64. The number of rotatable bonds is 2. The quantitative estimate of drug-likeness (QED) is 0.677. The van der Waals surface area contributed by atoms with Crippen LogP contribution in [0.3, 0.4) is 0 Å². The fraction of sp³-hybridized carbons (Fsp3) is 0. The predicted molar refractivity (Wildman–Crippen MR) is 86.0 cm³/mol. The Kier molecular flexibility index (Phi) is 3.57. The van der Waals surface area contributed by atoms with E-state index in [0.717, 1.165) is 4.47 Å². The van der Waals surface area contributed by atoms with Gasteiger partial charge in [-0.15, -0.1) is 0 Å². The Morgan fingerprint density at radius 1 is 1.24 bits per heavy atom. The second-order valence-electron chi connectivity index (χ2n) is 4.32. The van der Waals surface area contributed by atoms with Gasteiger partial charge in [-0.25, -0.2) is 4.98 Å². The second kappa shape index (κ2) is 5.38. The summed E-state index contributed by atoms with van der Waals surface area (Å²) in [6.45, 7) is 0. The molecule has 0 saturated carbocycles. The molecule has 21 heavy (non-hydrogen) atoms. The molecule has 7 heteroatoms. The molecule has 1 aromatic heterocycles. The molecule has 0 radical (unpaired) electrons. The molecule has 0 unspecified atom stereocenters. The number of nitrogen functional groups attached to an aromatic ring is 1. The van der Waals surface area contributed by atoms with Crippen molar-refractivity contribution in [3.05, 3.63) is 56.5 Å². The molecule has 3 aromatic rings. The highest BCUT2D eigenvalue weighted by molar-refractivity contribution is 9.10. The van der Waals surface area contributed by atoms with Gasteiger partial charge in [0.15, 0.2) is 5.75 Å². The number of benzene rings is 2. The van der Waals surface area contributed by atoms with Gasteiger partial charge in [0.1, 0.15) is 5.75 Å². The van der Waals surface area contributed by atoms with Gasteiger partial charge in [0.25, 0.3) is 5.56 Å². The third-order valence-corrected chi connectivity index (χ3v) is 3.69. The topological polar surface area (TPSA) is 81.0 Å². The number of aromatic nitrogens is 2. The van der Waals surface area contributed by atoms with Crippen molar-refractivity contribution < 1.29 is 4.74 Å². The van der Waals surface area contributed by atoms with Crippen molar-refractivity contribution >= 4 is 44.1 Å². The lowest BCUT2D eigenvalue weighted by Crippen LogP contribution is -2.07. The smallest absolute Gasteiger partial charge is 0.258 e. The van der Waals surface area contributed by atoms with Gasteiger partial charge >= 0.3 is 0 Å². The number of aromatic amines is 1. The number of hydrogen-bond acceptors (Lipinski definition) is 4. The molecule has 0 atom stereocenters. The number of H-pyrrole nitrogens is 1. The lowest BCUT2D eigenvalue weighted by molar-refractivity contribution is 0.485. The van der Waals surface area contributed by atoms with Crippen LogP contribution in [0.1, 0.15) is 0 Å². The lowest BCUT2D eigenvalue weighted by atomic mass is 10.2. The SMILES string of the molecule is Nc1cc2c(=O)[nH]cnc2cc1Oc1cc(Br)ccc1Cl. The minimum absolute atomic E-state index is 0.251. The first-order valence-corrected chi connectivity index (χ1v) is 7.11. The Balaban J connectivity index is 2.10. The Labute approximate surface area is 132 Å². The summed E-state index contributed by atoms with van der Waals surface area (Å²) in [5.41, 5.74) is 6.51. The van der Waals surface area contributed by atoms with Crippen molar-refractivity contribution in [1.29, 1.82) is 0 Å². The fourth-order valence-electron chi connectivity index (χ4n) is 1.87. The van der Waals surface area contributed by atoms with Crippen molar-refractivity contribution in [3.8, 4) is 11.5 Å². The molecule has 0 amide bonds. The Morgan fingerprint density at radius 2 is 2.05 bits per heavy atom. The van der Waals surface area contributed by atoms with Gasteiger partial charge in [-0.05, 0) is 24.3 Å².